The van der Waals surface area contributed by atoms with Gasteiger partial charge in [-0.25, -0.2) is 14.4 Å². The first-order valence-electron chi connectivity index (χ1n) is 14.1. The van der Waals surface area contributed by atoms with E-state index in [0.717, 1.165) is 6.07 Å². The summed E-state index contributed by atoms with van der Waals surface area (Å²) in [5.74, 6) is -6.20. The van der Waals surface area contributed by atoms with E-state index in [1.165, 1.54) is 42.5 Å². The van der Waals surface area contributed by atoms with Crippen molar-refractivity contribution < 1.29 is 57.9 Å². The molecule has 4 aromatic carbocycles. The lowest BCUT2D eigenvalue weighted by Crippen LogP contribution is -2.42. The smallest absolute Gasteiger partial charge is 0.343 e. The molecule has 1 atom stereocenters. The molecule has 0 radical (unpaired) electrons. The van der Waals surface area contributed by atoms with Crippen molar-refractivity contribution in [3.05, 3.63) is 119 Å². The average molecular weight is 657 g/mol. The number of esters is 2. The highest BCUT2D eigenvalue weighted by Crippen LogP contribution is 2.26. The third-order valence-electron chi connectivity index (χ3n) is 6.35. The van der Waals surface area contributed by atoms with Crippen molar-refractivity contribution in [3.8, 4) is 23.0 Å². The second-order valence-electron chi connectivity index (χ2n) is 9.92. The van der Waals surface area contributed by atoms with Gasteiger partial charge in [-0.1, -0.05) is 36.4 Å². The van der Waals surface area contributed by atoms with Crippen LogP contribution in [-0.4, -0.2) is 65.2 Å². The van der Waals surface area contributed by atoms with Gasteiger partial charge in [0, 0.05) is 23.3 Å². The van der Waals surface area contributed by atoms with E-state index in [9.17, 15) is 33.9 Å². The maximum Gasteiger partial charge on any atom is 0.343 e. The minimum atomic E-state index is -1.74. The Bertz CT molecular complexity index is 1830. The first-order chi connectivity index (χ1) is 23.0. The minimum absolute atomic E-state index is 0.00206. The van der Waals surface area contributed by atoms with Crippen LogP contribution in [0.15, 0.2) is 97.1 Å². The molecule has 0 fully saturated rings. The summed E-state index contributed by atoms with van der Waals surface area (Å²) >= 11 is 0. The Morgan fingerprint density at radius 2 is 1.04 bits per heavy atom. The van der Waals surface area contributed by atoms with Crippen molar-refractivity contribution in [2.24, 2.45) is 5.73 Å². The van der Waals surface area contributed by atoms with E-state index in [-0.39, 0.29) is 58.5 Å². The third-order valence-corrected chi connectivity index (χ3v) is 6.35. The van der Waals surface area contributed by atoms with Crippen LogP contribution in [-0.2, 0) is 9.59 Å². The fraction of sp³-hybridized carbons (Fsp3) is 0.118. The lowest BCUT2D eigenvalue weighted by molar-refractivity contribution is -0.145. The monoisotopic (exact) mass is 656 g/mol. The molecule has 0 aliphatic rings. The van der Waals surface area contributed by atoms with Gasteiger partial charge in [0.15, 0.2) is 0 Å². The van der Waals surface area contributed by atoms with Crippen LogP contribution in [0.25, 0.3) is 0 Å². The third kappa shape index (κ3) is 9.90. The molecule has 246 valence electrons. The van der Waals surface area contributed by atoms with Crippen LogP contribution in [0, 0.1) is 0 Å². The average Bonchev–Trinajstić information content (AvgIpc) is 3.06. The molecule has 0 aliphatic carbocycles. The summed E-state index contributed by atoms with van der Waals surface area (Å²) in [6, 6.07) is 22.1. The molecule has 14 nitrogen and oxygen atoms in total. The number of carboxylic acid groups (broad SMARTS) is 2. The molecular formula is C34H28N2O12. The number of nitrogens with one attached hydrogen (secondary N) is 1. The van der Waals surface area contributed by atoms with Gasteiger partial charge in [0.25, 0.3) is 5.91 Å². The van der Waals surface area contributed by atoms with E-state index in [2.05, 4.69) is 5.32 Å². The number of primary amides is 1. The molecule has 2 amide bonds. The molecule has 5 N–H and O–H groups in total. The number of aliphatic carboxylic acids is 2. The Balaban J connectivity index is 1.49. The highest BCUT2D eigenvalue weighted by atomic mass is 16.5. The second-order valence-corrected chi connectivity index (χ2v) is 9.92. The predicted molar refractivity (Wildman–Crippen MR) is 166 cm³/mol. The van der Waals surface area contributed by atoms with Crippen molar-refractivity contribution in [1.82, 2.24) is 5.32 Å². The van der Waals surface area contributed by atoms with Crippen molar-refractivity contribution in [2.75, 3.05) is 13.2 Å². The number of carbonyl (C=O) groups excluding carboxylic acids is 4. The maximum atomic E-state index is 12.9. The van der Waals surface area contributed by atoms with Crippen LogP contribution in [0.5, 0.6) is 23.0 Å². The summed E-state index contributed by atoms with van der Waals surface area (Å²) in [5.41, 5.74) is 5.74. The standard InChI is InChI=1S/C34H28N2O12/c35-30(39)22-13-24(17-26(14-22)47-33(43)20-7-3-1-4-8-20)45-11-12-46-25-15-23(31(40)36-28(32(41)42)19-29(37)38)16-27(18-25)48-34(44)21-9-5-2-6-10-21/h1-10,13-18,28H,11-12,19H2,(H2,35,39)(H,36,40)(H,37,38)(H,41,42)/t28-/m1/s1. The lowest BCUT2D eigenvalue weighted by Gasteiger charge is -2.15. The first-order valence-corrected chi connectivity index (χ1v) is 14.1. The van der Waals surface area contributed by atoms with Crippen molar-refractivity contribution in [3.63, 3.8) is 0 Å². The molecule has 4 aromatic rings. The van der Waals surface area contributed by atoms with Crippen LogP contribution in [0.1, 0.15) is 47.9 Å². The largest absolute Gasteiger partial charge is 0.490 e. The Morgan fingerprint density at radius 3 is 1.48 bits per heavy atom. The molecule has 48 heavy (non-hydrogen) atoms. The molecule has 0 saturated carbocycles. The van der Waals surface area contributed by atoms with E-state index in [4.69, 9.17) is 29.8 Å². The Labute approximate surface area is 272 Å². The lowest BCUT2D eigenvalue weighted by atomic mass is 10.1. The summed E-state index contributed by atoms with van der Waals surface area (Å²) in [7, 11) is 0. The zero-order valence-corrected chi connectivity index (χ0v) is 25.0. The number of ether oxygens (including phenoxy) is 4. The van der Waals surface area contributed by atoms with Gasteiger partial charge in [-0.05, 0) is 48.5 Å². The topological polar surface area (TPSA) is 218 Å². The number of amides is 2. The molecule has 4 rings (SSSR count). The van der Waals surface area contributed by atoms with Crippen LogP contribution in [0.2, 0.25) is 0 Å². The molecule has 0 aromatic heterocycles. The van der Waals surface area contributed by atoms with Gasteiger partial charge in [-0.2, -0.15) is 0 Å². The predicted octanol–water partition coefficient (Wildman–Crippen LogP) is 3.34. The fourth-order valence-electron chi connectivity index (χ4n) is 4.12. The van der Waals surface area contributed by atoms with E-state index in [1.54, 1.807) is 48.5 Å². The number of hydrogen-bond donors (Lipinski definition) is 4. The van der Waals surface area contributed by atoms with Crippen LogP contribution >= 0.6 is 0 Å². The first kappa shape index (κ1) is 34.2. The van der Waals surface area contributed by atoms with Gasteiger partial charge in [-0.3, -0.25) is 14.4 Å². The molecule has 0 aliphatic heterocycles. The Morgan fingerprint density at radius 1 is 0.604 bits per heavy atom. The Kier molecular flexibility index (Phi) is 11.4. The minimum Gasteiger partial charge on any atom is -0.490 e. The SMILES string of the molecule is NC(=O)c1cc(OCCOc2cc(OC(=O)c3ccccc3)cc(C(=O)N[C@H](CC(=O)O)C(=O)O)c2)cc(OC(=O)c2ccccc2)c1. The quantitative estimate of drug-likeness (QED) is 0.0823. The molecule has 0 heterocycles. The van der Waals surface area contributed by atoms with Crippen LogP contribution < -0.4 is 30.0 Å². The van der Waals surface area contributed by atoms with E-state index < -0.39 is 48.2 Å². The highest BCUT2D eigenvalue weighted by molar-refractivity contribution is 5.98. The number of carboxylic acids is 2. The van der Waals surface area contributed by atoms with Gasteiger partial charge in [-0.15, -0.1) is 0 Å². The number of benzene rings is 4. The number of carbonyl (C=O) groups is 6. The summed E-state index contributed by atoms with van der Waals surface area (Å²) in [4.78, 5) is 72.6. The summed E-state index contributed by atoms with van der Waals surface area (Å²) in [6.07, 6.45) is -0.880. The number of hydrogen-bond acceptors (Lipinski definition) is 10. The zero-order chi connectivity index (χ0) is 34.6. The summed E-state index contributed by atoms with van der Waals surface area (Å²) < 4.78 is 22.2. The molecule has 0 unspecified atom stereocenters. The van der Waals surface area contributed by atoms with Crippen molar-refractivity contribution in [1.29, 1.82) is 0 Å². The molecule has 0 bridgehead atoms. The Hall–Kier alpha value is -6.70. The van der Waals surface area contributed by atoms with Crippen molar-refractivity contribution in [2.45, 2.75) is 12.5 Å². The maximum absolute atomic E-state index is 12.9. The van der Waals surface area contributed by atoms with Gasteiger partial charge >= 0.3 is 23.9 Å². The van der Waals surface area contributed by atoms with Crippen molar-refractivity contribution >= 4 is 35.7 Å². The summed E-state index contributed by atoms with van der Waals surface area (Å²) in [6.45, 7) is -0.294. The van der Waals surface area contributed by atoms with Crippen LogP contribution in [0.3, 0.4) is 0 Å². The normalized spacial score (nSPS) is 11.0. The molecule has 0 spiro atoms. The molecular weight excluding hydrogens is 628 g/mol. The zero-order valence-electron chi connectivity index (χ0n) is 25.0. The van der Waals surface area contributed by atoms with Gasteiger partial charge in [0.05, 0.1) is 17.5 Å². The van der Waals surface area contributed by atoms with E-state index in [0.29, 0.717) is 0 Å². The van der Waals surface area contributed by atoms with Gasteiger partial charge in [0.2, 0.25) is 5.91 Å². The van der Waals surface area contributed by atoms with E-state index >= 15 is 0 Å². The molecule has 14 heteroatoms. The van der Waals surface area contributed by atoms with E-state index in [1.807, 2.05) is 0 Å². The number of rotatable bonds is 15. The fourth-order valence-corrected chi connectivity index (χ4v) is 4.12. The highest BCUT2D eigenvalue weighted by Gasteiger charge is 2.24. The summed E-state index contributed by atoms with van der Waals surface area (Å²) in [5, 5.41) is 20.5. The second kappa shape index (κ2) is 16.0. The van der Waals surface area contributed by atoms with Crippen LogP contribution in [0.4, 0.5) is 0 Å². The number of nitrogens with two attached hydrogens (primary N) is 1. The molecule has 0 saturated heterocycles. The van der Waals surface area contributed by atoms with Gasteiger partial charge in [0.1, 0.15) is 42.3 Å². The van der Waals surface area contributed by atoms with Gasteiger partial charge < -0.3 is 40.2 Å².